The summed E-state index contributed by atoms with van der Waals surface area (Å²) >= 11 is -4.69. The molecule has 0 radical (unpaired) electrons. The van der Waals surface area contributed by atoms with E-state index >= 15 is 0 Å². The molecule has 3 aliphatic heterocycles. The summed E-state index contributed by atoms with van der Waals surface area (Å²) in [6, 6.07) is -7.78. The number of fused-ring (bicyclic) bond motifs is 2. The lowest BCUT2D eigenvalue weighted by molar-refractivity contribution is -0.147. The van der Waals surface area contributed by atoms with Crippen LogP contribution in [0.3, 0.4) is 0 Å². The van der Waals surface area contributed by atoms with Crippen molar-refractivity contribution >= 4 is 46.6 Å². The molecule has 0 aromatic heterocycles. The quantitative estimate of drug-likeness (QED) is 0.0824. The Bertz CT molecular complexity index is 1930. The molecule has 1 aromatic carbocycles. The third-order valence-electron chi connectivity index (χ3n) is 12.0. The highest BCUT2D eigenvalue weighted by Crippen LogP contribution is 2.40. The lowest BCUT2D eigenvalue weighted by Gasteiger charge is -2.34. The standard InChI is InChI=1S/C40H66N8O19S/c1-18-13-48-33(34(18)57)38(61)42-12-22(52)10-24(41)35(58)43-30(19(2)51)39(62)47-15-23(53)11-25(47)36(59)44-31(28(56)8-20-4-5-26(54)29(9-20)67-68(64,65)66)37(60)45-32(40(48)63)27(55)6-7-46(3)14-21(16-49)17-50/h4-5,9,18-19,21-25,27-28,30-34,49-57,64-66H,6-8,10-17,41H2,1-3H3,(H,42,61)(H,43,58)(H,44,59)(H,45,60)/t18-,19+,22+,23+,24-,25-,27+,28+,30-,31-,32-,33-,34-/m0/s1. The molecule has 3 fully saturated rings. The zero-order chi connectivity index (χ0) is 50.9. The number of carbonyl (C=O) groups is 6. The van der Waals surface area contributed by atoms with Crippen molar-refractivity contribution in [3.8, 4) is 11.5 Å². The van der Waals surface area contributed by atoms with E-state index in [9.17, 15) is 88.4 Å². The summed E-state index contributed by atoms with van der Waals surface area (Å²) in [4.78, 5) is 87.9. The minimum absolute atomic E-state index is 0.0223. The summed E-state index contributed by atoms with van der Waals surface area (Å²) in [6.07, 6.45) is -11.9. The minimum atomic E-state index is -4.69. The van der Waals surface area contributed by atoms with Gasteiger partial charge in [-0.25, -0.2) is 0 Å². The van der Waals surface area contributed by atoms with Gasteiger partial charge in [-0.15, -0.1) is 0 Å². The molecule has 13 atom stereocenters. The fourth-order valence-corrected chi connectivity index (χ4v) is 8.65. The highest BCUT2D eigenvalue weighted by Gasteiger charge is 2.49. The van der Waals surface area contributed by atoms with Crippen molar-refractivity contribution in [1.29, 1.82) is 0 Å². The van der Waals surface area contributed by atoms with Crippen LogP contribution in [0.2, 0.25) is 0 Å². The normalized spacial score (nSPS) is 30.1. The molecule has 3 heterocycles. The van der Waals surface area contributed by atoms with E-state index in [0.717, 1.165) is 28.9 Å². The van der Waals surface area contributed by atoms with Crippen LogP contribution >= 0.6 is 11.2 Å². The third kappa shape index (κ3) is 14.7. The van der Waals surface area contributed by atoms with Gasteiger partial charge in [-0.2, -0.15) is 0 Å². The van der Waals surface area contributed by atoms with Gasteiger partial charge < -0.3 is 91.8 Å². The number of nitrogens with zero attached hydrogens (tertiary/aromatic N) is 3. The zero-order valence-electron chi connectivity index (χ0n) is 37.6. The topological polar surface area (TPSA) is 438 Å². The molecule has 386 valence electrons. The Kier molecular flexibility index (Phi) is 20.1. The Morgan fingerprint density at radius 1 is 0.824 bits per heavy atom. The van der Waals surface area contributed by atoms with Crippen molar-refractivity contribution in [1.82, 2.24) is 36.0 Å². The molecule has 27 nitrogen and oxygen atoms in total. The van der Waals surface area contributed by atoms with Crippen LogP contribution in [-0.2, 0) is 35.2 Å². The van der Waals surface area contributed by atoms with Gasteiger partial charge in [-0.05, 0) is 44.5 Å². The maximum absolute atomic E-state index is 14.7. The summed E-state index contributed by atoms with van der Waals surface area (Å²) in [5.74, 6) is -9.60. The number of aromatic hydroxyl groups is 1. The number of aliphatic hydroxyl groups is 8. The maximum atomic E-state index is 14.7. The fourth-order valence-electron chi connectivity index (χ4n) is 8.28. The number of hydrogen-bond donors (Lipinski definition) is 17. The van der Waals surface area contributed by atoms with Crippen LogP contribution in [0.1, 0.15) is 38.7 Å². The first-order valence-corrected chi connectivity index (χ1v) is 23.2. The predicted molar refractivity (Wildman–Crippen MR) is 236 cm³/mol. The Morgan fingerprint density at radius 2 is 1.44 bits per heavy atom. The second-order valence-corrected chi connectivity index (χ2v) is 18.8. The number of carbonyl (C=O) groups excluding carboxylic acids is 6. The number of benzene rings is 1. The summed E-state index contributed by atoms with van der Waals surface area (Å²) in [5, 5.41) is 106. The molecule has 0 saturated carbocycles. The molecule has 18 N–H and O–H groups in total. The van der Waals surface area contributed by atoms with Gasteiger partial charge in [0.2, 0.25) is 35.4 Å². The average molecular weight is 995 g/mol. The van der Waals surface area contributed by atoms with Crippen LogP contribution < -0.4 is 31.2 Å². The average Bonchev–Trinajstić information content (AvgIpc) is 3.81. The molecule has 68 heavy (non-hydrogen) atoms. The Labute approximate surface area is 392 Å². The molecule has 4 rings (SSSR count). The first kappa shape index (κ1) is 56.1. The molecule has 28 heteroatoms. The van der Waals surface area contributed by atoms with E-state index in [1.165, 1.54) is 13.0 Å². The van der Waals surface area contributed by atoms with Gasteiger partial charge in [-0.1, -0.05) is 13.0 Å². The summed E-state index contributed by atoms with van der Waals surface area (Å²) in [7, 11) is 1.58. The van der Waals surface area contributed by atoms with Gasteiger partial charge in [0.25, 0.3) is 11.2 Å². The van der Waals surface area contributed by atoms with Crippen molar-refractivity contribution in [2.75, 3.05) is 53.0 Å². The second-order valence-electron chi connectivity index (χ2n) is 17.7. The van der Waals surface area contributed by atoms with Crippen LogP contribution in [0, 0.1) is 11.8 Å². The van der Waals surface area contributed by atoms with E-state index in [1.807, 2.05) is 0 Å². The number of phenolic OH excluding ortho intramolecular Hbond substituents is 1. The van der Waals surface area contributed by atoms with E-state index in [4.69, 9.17) is 5.73 Å². The molecule has 3 saturated heterocycles. The lowest BCUT2D eigenvalue weighted by atomic mass is 9.98. The fraction of sp³-hybridized carbons (Fsp3) is 0.700. The van der Waals surface area contributed by atoms with Crippen LogP contribution in [0.25, 0.3) is 0 Å². The van der Waals surface area contributed by atoms with Crippen molar-refractivity contribution < 1.29 is 92.6 Å². The van der Waals surface area contributed by atoms with E-state index < -0.39 is 175 Å². The van der Waals surface area contributed by atoms with Crippen molar-refractivity contribution in [2.45, 2.75) is 112 Å². The largest absolute Gasteiger partial charge is 0.504 e. The molecule has 0 spiro atoms. The predicted octanol–water partition coefficient (Wildman–Crippen LogP) is -6.69. The molecule has 0 bridgehead atoms. The second kappa shape index (κ2) is 24.3. The number of phenols is 1. The monoisotopic (exact) mass is 994 g/mol. The van der Waals surface area contributed by atoms with Crippen LogP contribution in [0.15, 0.2) is 18.2 Å². The smallest absolute Gasteiger partial charge is 0.266 e. The zero-order valence-corrected chi connectivity index (χ0v) is 38.5. The Hall–Kier alpha value is -4.53. The first-order valence-electron chi connectivity index (χ1n) is 21.8. The molecular weight excluding hydrogens is 929 g/mol. The number of hydrogen-bond acceptors (Lipinski definition) is 21. The van der Waals surface area contributed by atoms with Crippen molar-refractivity contribution in [3.05, 3.63) is 23.8 Å². The van der Waals surface area contributed by atoms with Gasteiger partial charge in [0, 0.05) is 70.6 Å². The van der Waals surface area contributed by atoms with Crippen LogP contribution in [0.4, 0.5) is 0 Å². The molecule has 3 aliphatic rings. The molecule has 1 aromatic rings. The van der Waals surface area contributed by atoms with Crippen molar-refractivity contribution in [2.24, 2.45) is 17.6 Å². The highest BCUT2D eigenvalue weighted by atomic mass is 32.3. The maximum Gasteiger partial charge on any atom is 0.266 e. The third-order valence-corrected chi connectivity index (χ3v) is 12.4. The Balaban J connectivity index is 1.84. The SMILES string of the molecule is C[C@@H](O)[C@@H]1NC(=O)[C@@H](N)C[C@@H](O)CNC(=O)[C@@H]2[C@@H](O)[C@@H](C)CN2C(=O)[C@H]([C@H](O)CCN(C)CC(CO)CO)NC(=O)[C@H]([C@H](O)Cc2ccc(O)c(OS(O)(O)O)c2)NC(=O)[C@@H]2C[C@@H](O)CN2C1=O. The summed E-state index contributed by atoms with van der Waals surface area (Å²) < 4.78 is 32.9. The van der Waals surface area contributed by atoms with Crippen molar-refractivity contribution in [3.63, 3.8) is 0 Å². The van der Waals surface area contributed by atoms with Gasteiger partial charge >= 0.3 is 0 Å². The summed E-state index contributed by atoms with van der Waals surface area (Å²) in [5.41, 5.74) is 6.01. The number of amides is 6. The summed E-state index contributed by atoms with van der Waals surface area (Å²) in [6.45, 7) is 0.549. The van der Waals surface area contributed by atoms with Gasteiger partial charge in [0.1, 0.15) is 30.2 Å². The highest BCUT2D eigenvalue weighted by molar-refractivity contribution is 8.15. The van der Waals surface area contributed by atoms with E-state index in [0.29, 0.717) is 0 Å². The number of nitrogens with one attached hydrogen (secondary N) is 4. The molecular formula is C40H66N8O19S. The number of rotatable bonds is 14. The molecule has 0 unspecified atom stereocenters. The number of nitrogens with two attached hydrogens (primary N) is 1. The minimum Gasteiger partial charge on any atom is -0.504 e. The van der Waals surface area contributed by atoms with E-state index in [1.54, 1.807) is 11.9 Å². The Morgan fingerprint density at radius 3 is 2.06 bits per heavy atom. The van der Waals surface area contributed by atoms with Gasteiger partial charge in [0.15, 0.2) is 11.5 Å². The first-order chi connectivity index (χ1) is 31.8. The molecule has 0 aliphatic carbocycles. The lowest BCUT2D eigenvalue weighted by Crippen LogP contribution is -2.64. The number of β-amino-alcohol motifs (C(OH)–C–C–N with tert-alkyl or cyclic N) is 1. The van der Waals surface area contributed by atoms with Gasteiger partial charge in [-0.3, -0.25) is 42.4 Å². The van der Waals surface area contributed by atoms with E-state index in [2.05, 4.69) is 25.5 Å². The van der Waals surface area contributed by atoms with E-state index in [-0.39, 0.29) is 44.8 Å². The number of aliphatic hydroxyl groups excluding tert-OH is 8. The van der Waals surface area contributed by atoms with Crippen LogP contribution in [0.5, 0.6) is 11.5 Å². The molecule has 6 amide bonds. The van der Waals surface area contributed by atoms with Crippen LogP contribution in [-0.4, -0.2) is 236 Å². The van der Waals surface area contributed by atoms with Gasteiger partial charge in [0.05, 0.1) is 42.7 Å².